The molecule has 0 spiro atoms. The van der Waals surface area contributed by atoms with E-state index in [-0.39, 0.29) is 11.3 Å². The average molecular weight is 431 g/mol. The number of halogens is 3. The topological polar surface area (TPSA) is 126 Å². The zero-order valence-corrected chi connectivity index (χ0v) is 15.4. The van der Waals surface area contributed by atoms with E-state index in [0.717, 1.165) is 10.8 Å². The molecule has 3 N–H and O–H groups in total. The molecule has 12 heteroatoms. The molecule has 0 aliphatic carbocycles. The van der Waals surface area contributed by atoms with E-state index in [9.17, 15) is 32.3 Å². The average Bonchev–Trinajstić information content (AvgIpc) is 3.02. The molecule has 1 aliphatic heterocycles. The van der Waals surface area contributed by atoms with Gasteiger partial charge in [0.1, 0.15) is 11.4 Å². The molecule has 3 aromatic rings. The number of hydrogen-bond acceptors (Lipinski definition) is 5. The zero-order chi connectivity index (χ0) is 22.4. The van der Waals surface area contributed by atoms with E-state index < -0.39 is 46.2 Å². The normalized spacial score (nSPS) is 17.7. The first kappa shape index (κ1) is 20.1. The summed E-state index contributed by atoms with van der Waals surface area (Å²) in [4.78, 5) is 55.6. The number of para-hydroxylation sites is 1. The number of anilines is 1. The molecule has 1 aliphatic rings. The Bertz CT molecular complexity index is 1300. The Morgan fingerprint density at radius 1 is 1.06 bits per heavy atom. The predicted molar refractivity (Wildman–Crippen MR) is 101 cm³/mol. The molecule has 2 amide bonds. The van der Waals surface area contributed by atoms with Gasteiger partial charge in [-0.05, 0) is 24.3 Å². The molecule has 3 heterocycles. The van der Waals surface area contributed by atoms with Crippen LogP contribution in [0.15, 0.2) is 64.4 Å². The zero-order valence-electron chi connectivity index (χ0n) is 15.4. The third-order valence-electron chi connectivity index (χ3n) is 4.72. The van der Waals surface area contributed by atoms with Gasteiger partial charge in [0.15, 0.2) is 0 Å². The first-order valence-electron chi connectivity index (χ1n) is 8.73. The van der Waals surface area contributed by atoms with Gasteiger partial charge >= 0.3 is 11.9 Å². The number of carbonyl (C=O) groups excluding carboxylic acids is 2. The Kier molecular flexibility index (Phi) is 4.49. The van der Waals surface area contributed by atoms with Crippen LogP contribution in [0.4, 0.5) is 19.0 Å². The van der Waals surface area contributed by atoms with Gasteiger partial charge in [-0.15, -0.1) is 0 Å². The van der Waals surface area contributed by atoms with Gasteiger partial charge < -0.3 is 10.6 Å². The van der Waals surface area contributed by atoms with Gasteiger partial charge in [-0.3, -0.25) is 24.4 Å². The lowest BCUT2D eigenvalue weighted by atomic mass is 9.91. The lowest BCUT2D eigenvalue weighted by molar-refractivity contribution is -0.196. The van der Waals surface area contributed by atoms with E-state index in [1.54, 1.807) is 16.4 Å². The van der Waals surface area contributed by atoms with Crippen LogP contribution >= 0.6 is 0 Å². The van der Waals surface area contributed by atoms with Crippen molar-refractivity contribution >= 4 is 17.6 Å². The fourth-order valence-corrected chi connectivity index (χ4v) is 3.34. The quantitative estimate of drug-likeness (QED) is 0.572. The van der Waals surface area contributed by atoms with Crippen molar-refractivity contribution in [2.24, 2.45) is 0 Å². The van der Waals surface area contributed by atoms with E-state index in [2.05, 4.69) is 4.98 Å². The van der Waals surface area contributed by atoms with Crippen LogP contribution in [0.3, 0.4) is 0 Å². The highest BCUT2D eigenvalue weighted by Crippen LogP contribution is 2.45. The molecule has 0 radical (unpaired) electrons. The minimum Gasteiger partial charge on any atom is -0.326 e. The van der Waals surface area contributed by atoms with Crippen molar-refractivity contribution < 1.29 is 22.8 Å². The molecule has 158 valence electrons. The molecular formula is C19H12F3N5O4. The monoisotopic (exact) mass is 431 g/mol. The molecule has 0 fully saturated rings. The second-order valence-corrected chi connectivity index (χ2v) is 6.55. The number of alkyl halides is 3. The molecule has 31 heavy (non-hydrogen) atoms. The van der Waals surface area contributed by atoms with E-state index >= 15 is 0 Å². The highest BCUT2D eigenvalue weighted by molar-refractivity contribution is 6.09. The number of pyridine rings is 1. The van der Waals surface area contributed by atoms with Crippen molar-refractivity contribution in [3.8, 4) is 5.69 Å². The number of benzene rings is 1. The van der Waals surface area contributed by atoms with Crippen molar-refractivity contribution in [2.45, 2.75) is 11.7 Å². The second kappa shape index (κ2) is 6.93. The van der Waals surface area contributed by atoms with Gasteiger partial charge in [0.25, 0.3) is 22.9 Å². The van der Waals surface area contributed by atoms with Crippen molar-refractivity contribution in [3.05, 3.63) is 86.8 Å². The summed E-state index contributed by atoms with van der Waals surface area (Å²) in [5.41, 5.74) is -7.57. The van der Waals surface area contributed by atoms with Gasteiger partial charge in [-0.1, -0.05) is 18.2 Å². The lowest BCUT2D eigenvalue weighted by Crippen LogP contribution is -2.62. The van der Waals surface area contributed by atoms with Gasteiger partial charge in [-0.25, -0.2) is 9.36 Å². The summed E-state index contributed by atoms with van der Waals surface area (Å²) < 4.78 is 43.6. The van der Waals surface area contributed by atoms with Crippen molar-refractivity contribution in [1.29, 1.82) is 0 Å². The minimum atomic E-state index is -5.42. The van der Waals surface area contributed by atoms with Crippen LogP contribution in [0.5, 0.6) is 0 Å². The number of carbonyl (C=O) groups is 2. The highest BCUT2D eigenvalue weighted by atomic mass is 19.4. The third-order valence-corrected chi connectivity index (χ3v) is 4.72. The van der Waals surface area contributed by atoms with Crippen molar-refractivity contribution in [3.63, 3.8) is 0 Å². The summed E-state index contributed by atoms with van der Waals surface area (Å²) in [5.74, 6) is -3.70. The number of H-pyrrole nitrogens is 1. The summed E-state index contributed by atoms with van der Waals surface area (Å²) >= 11 is 0. The molecule has 4 rings (SSSR count). The fourth-order valence-electron chi connectivity index (χ4n) is 3.34. The van der Waals surface area contributed by atoms with Gasteiger partial charge in [0, 0.05) is 12.4 Å². The van der Waals surface area contributed by atoms with Crippen LogP contribution in [0.2, 0.25) is 0 Å². The van der Waals surface area contributed by atoms with E-state index in [4.69, 9.17) is 0 Å². The first-order valence-corrected chi connectivity index (χ1v) is 8.73. The minimum absolute atomic E-state index is 0.0943. The number of nitrogens with zero attached hydrogens (tertiary/aromatic N) is 2. The van der Waals surface area contributed by atoms with Crippen molar-refractivity contribution in [1.82, 2.24) is 19.9 Å². The largest absolute Gasteiger partial charge is 0.425 e. The van der Waals surface area contributed by atoms with Gasteiger partial charge in [0.05, 0.1) is 11.3 Å². The molecule has 2 aromatic heterocycles. The summed E-state index contributed by atoms with van der Waals surface area (Å²) in [6.45, 7) is 0. The van der Waals surface area contributed by atoms with Crippen LogP contribution in [0.25, 0.3) is 5.69 Å². The fraction of sp³-hybridized carbons (Fsp3) is 0.105. The number of amides is 2. The Hall–Kier alpha value is -4.22. The van der Waals surface area contributed by atoms with E-state index in [0.29, 0.717) is 0 Å². The number of hydrogen-bond donors (Lipinski definition) is 3. The molecule has 0 saturated heterocycles. The van der Waals surface area contributed by atoms with Crippen molar-refractivity contribution in [2.75, 3.05) is 5.32 Å². The Labute approximate surface area is 170 Å². The summed E-state index contributed by atoms with van der Waals surface area (Å²) in [7, 11) is 0. The number of rotatable bonds is 3. The maximum absolute atomic E-state index is 14.3. The van der Waals surface area contributed by atoms with E-state index in [1.807, 2.05) is 5.32 Å². The number of nitrogens with one attached hydrogen (secondary N) is 3. The Morgan fingerprint density at radius 2 is 1.77 bits per heavy atom. The standard InChI is InChI=1S/C19H12F3N5O4/c20-19(21,22)18(26-14(28)10-5-4-8-23-9-10)12-13(24-16(18)30)27(17(31)25-15(12)29)11-6-2-1-3-7-11/h1-9H,(H,24,30)(H,26,28)(H,25,29,31)/t18-/m1/s1. The maximum Gasteiger partial charge on any atom is 0.425 e. The molecule has 0 saturated carbocycles. The van der Waals surface area contributed by atoms with Crippen LogP contribution < -0.4 is 21.9 Å². The molecular weight excluding hydrogens is 419 g/mol. The SMILES string of the molecule is O=C(N[C@@]1(C(F)(F)F)C(=O)Nc2c1c(=O)[nH]c(=O)n2-c1ccccc1)c1cccnc1. The van der Waals surface area contributed by atoms with Crippen LogP contribution in [-0.4, -0.2) is 32.5 Å². The summed E-state index contributed by atoms with van der Waals surface area (Å²) in [6, 6.07) is 9.93. The van der Waals surface area contributed by atoms with Crippen LogP contribution in [0, 0.1) is 0 Å². The molecule has 1 atom stereocenters. The Balaban J connectivity index is 1.99. The summed E-state index contributed by atoms with van der Waals surface area (Å²) in [6.07, 6.45) is -3.12. The molecule has 9 nitrogen and oxygen atoms in total. The van der Waals surface area contributed by atoms with E-state index in [1.165, 1.54) is 42.6 Å². The molecule has 0 bridgehead atoms. The number of fused-ring (bicyclic) bond motifs is 1. The van der Waals surface area contributed by atoms with Gasteiger partial charge in [-0.2, -0.15) is 13.2 Å². The number of aromatic nitrogens is 3. The predicted octanol–water partition coefficient (Wildman–Crippen LogP) is 1.06. The van der Waals surface area contributed by atoms with Crippen LogP contribution in [-0.2, 0) is 10.3 Å². The maximum atomic E-state index is 14.3. The lowest BCUT2D eigenvalue weighted by Gasteiger charge is -2.30. The second-order valence-electron chi connectivity index (χ2n) is 6.55. The molecule has 0 unspecified atom stereocenters. The van der Waals surface area contributed by atoms with Gasteiger partial charge in [0.2, 0.25) is 0 Å². The molecule has 1 aromatic carbocycles. The Morgan fingerprint density at radius 3 is 2.39 bits per heavy atom. The van der Waals surface area contributed by atoms with Crippen LogP contribution in [0.1, 0.15) is 15.9 Å². The number of aromatic amines is 1. The summed E-state index contributed by atoms with van der Waals surface area (Å²) in [5, 5.41) is 3.60. The third kappa shape index (κ3) is 2.99. The first-order chi connectivity index (χ1) is 14.7. The highest BCUT2D eigenvalue weighted by Gasteiger charge is 2.68. The smallest absolute Gasteiger partial charge is 0.326 e.